The van der Waals surface area contributed by atoms with Gasteiger partial charge in [0.2, 0.25) is 0 Å². The molecule has 1 saturated heterocycles. The minimum atomic E-state index is -0.252. The molecule has 1 fully saturated rings. The number of benzene rings is 2. The number of anilines is 1. The maximum absolute atomic E-state index is 13.5. The first-order chi connectivity index (χ1) is 16.4. The zero-order valence-corrected chi connectivity index (χ0v) is 20.5. The van der Waals surface area contributed by atoms with E-state index in [1.54, 1.807) is 23.5 Å². The molecular formula is C26H28FN5OS. The van der Waals surface area contributed by atoms with Gasteiger partial charge in [-0.15, -0.1) is 11.3 Å². The first kappa shape index (κ1) is 22.6. The van der Waals surface area contributed by atoms with Crippen LogP contribution in [0.15, 0.2) is 48.7 Å². The van der Waals surface area contributed by atoms with E-state index in [-0.39, 0.29) is 11.8 Å². The Kier molecular flexibility index (Phi) is 6.10. The highest BCUT2D eigenvalue weighted by atomic mass is 32.1. The SMILES string of the molecule is Cc1cn2c(CN3CCN(C(=O)Nc4c(C)cccc4C)CC3)c(-c3ccc(F)cc3)nc2s1. The smallest absolute Gasteiger partial charge is 0.321 e. The number of aromatic nitrogens is 2. The molecule has 0 spiro atoms. The molecule has 1 aliphatic rings. The van der Waals surface area contributed by atoms with Crippen molar-refractivity contribution in [1.29, 1.82) is 0 Å². The van der Waals surface area contributed by atoms with Gasteiger partial charge in [0.25, 0.3) is 0 Å². The average molecular weight is 478 g/mol. The molecule has 6 nitrogen and oxygen atoms in total. The largest absolute Gasteiger partial charge is 0.322 e. The Labute approximate surface area is 202 Å². The number of fused-ring (bicyclic) bond motifs is 1. The van der Waals surface area contributed by atoms with Crippen molar-refractivity contribution in [3.05, 3.63) is 76.2 Å². The molecule has 2 aromatic carbocycles. The monoisotopic (exact) mass is 477 g/mol. The van der Waals surface area contributed by atoms with Gasteiger partial charge in [-0.25, -0.2) is 14.2 Å². The lowest BCUT2D eigenvalue weighted by Gasteiger charge is -2.34. The molecule has 34 heavy (non-hydrogen) atoms. The summed E-state index contributed by atoms with van der Waals surface area (Å²) in [5, 5.41) is 3.10. The molecule has 4 aromatic rings. The molecule has 0 aliphatic carbocycles. The third-order valence-electron chi connectivity index (χ3n) is 6.40. The number of imidazole rings is 1. The fraction of sp³-hybridized carbons (Fsp3) is 0.308. The zero-order valence-electron chi connectivity index (χ0n) is 19.6. The lowest BCUT2D eigenvalue weighted by molar-refractivity contribution is 0.142. The Hall–Kier alpha value is -3.23. The minimum absolute atomic E-state index is 0.0516. The number of aryl methyl sites for hydroxylation is 3. The van der Waals surface area contributed by atoms with Crippen LogP contribution in [-0.2, 0) is 6.54 Å². The summed E-state index contributed by atoms with van der Waals surface area (Å²) in [6.07, 6.45) is 2.11. The summed E-state index contributed by atoms with van der Waals surface area (Å²) in [4.78, 5) is 24.1. The van der Waals surface area contributed by atoms with Crippen LogP contribution in [0.1, 0.15) is 21.7 Å². The Balaban J connectivity index is 1.30. The summed E-state index contributed by atoms with van der Waals surface area (Å²) < 4.78 is 15.6. The van der Waals surface area contributed by atoms with Crippen LogP contribution in [0.25, 0.3) is 16.2 Å². The second kappa shape index (κ2) is 9.19. The average Bonchev–Trinajstić information content (AvgIpc) is 3.34. The summed E-state index contributed by atoms with van der Waals surface area (Å²) in [7, 11) is 0. The van der Waals surface area contributed by atoms with Gasteiger partial charge in [0.05, 0.1) is 11.4 Å². The van der Waals surface area contributed by atoms with Crippen LogP contribution in [-0.4, -0.2) is 51.4 Å². The van der Waals surface area contributed by atoms with Crippen molar-refractivity contribution < 1.29 is 9.18 Å². The molecule has 3 heterocycles. The van der Waals surface area contributed by atoms with Gasteiger partial charge in [-0.05, 0) is 56.2 Å². The van der Waals surface area contributed by atoms with E-state index in [1.807, 2.05) is 36.9 Å². The summed E-state index contributed by atoms with van der Waals surface area (Å²) in [6.45, 7) is 9.69. The summed E-state index contributed by atoms with van der Waals surface area (Å²) in [5.74, 6) is -0.252. The molecule has 0 unspecified atom stereocenters. The van der Waals surface area contributed by atoms with Crippen molar-refractivity contribution in [2.75, 3.05) is 31.5 Å². The number of nitrogens with zero attached hydrogens (tertiary/aromatic N) is 4. The minimum Gasteiger partial charge on any atom is -0.322 e. The maximum Gasteiger partial charge on any atom is 0.321 e. The third kappa shape index (κ3) is 4.43. The summed E-state index contributed by atoms with van der Waals surface area (Å²) >= 11 is 1.65. The van der Waals surface area contributed by atoms with Gasteiger partial charge in [-0.2, -0.15) is 0 Å². The number of amides is 2. The van der Waals surface area contributed by atoms with Crippen molar-refractivity contribution in [3.8, 4) is 11.3 Å². The normalized spacial score (nSPS) is 14.6. The molecule has 0 bridgehead atoms. The van der Waals surface area contributed by atoms with Gasteiger partial charge in [0.15, 0.2) is 4.96 Å². The van der Waals surface area contributed by atoms with Crippen LogP contribution < -0.4 is 5.32 Å². The Bertz CT molecular complexity index is 1320. The van der Waals surface area contributed by atoms with Gasteiger partial charge < -0.3 is 10.2 Å². The topological polar surface area (TPSA) is 52.9 Å². The predicted molar refractivity (Wildman–Crippen MR) is 135 cm³/mol. The van der Waals surface area contributed by atoms with E-state index in [0.29, 0.717) is 13.1 Å². The van der Waals surface area contributed by atoms with Crippen LogP contribution in [0.3, 0.4) is 0 Å². The molecule has 2 amide bonds. The maximum atomic E-state index is 13.5. The first-order valence-corrected chi connectivity index (χ1v) is 12.3. The number of thiazole rings is 1. The van der Waals surface area contributed by atoms with Gasteiger partial charge in [-0.1, -0.05) is 18.2 Å². The van der Waals surface area contributed by atoms with Crippen LogP contribution >= 0.6 is 11.3 Å². The number of halogens is 1. The second-order valence-electron chi connectivity index (χ2n) is 8.87. The quantitative estimate of drug-likeness (QED) is 0.424. The number of para-hydroxylation sites is 1. The Morgan fingerprint density at radius 2 is 1.71 bits per heavy atom. The van der Waals surface area contributed by atoms with E-state index in [2.05, 4.69) is 27.7 Å². The standard InChI is InChI=1S/C26H28FN5OS/c1-17-5-4-6-18(2)23(17)28-25(33)31-13-11-30(12-14-31)16-22-24(20-7-9-21(27)10-8-20)29-26-32(22)15-19(3)34-26/h4-10,15H,11-14,16H2,1-3H3,(H,28,33). The number of urea groups is 1. The summed E-state index contributed by atoms with van der Waals surface area (Å²) in [6, 6.07) is 12.5. The second-order valence-corrected chi connectivity index (χ2v) is 10.1. The van der Waals surface area contributed by atoms with Crippen molar-refractivity contribution in [2.24, 2.45) is 0 Å². The number of nitrogens with one attached hydrogen (secondary N) is 1. The van der Waals surface area contributed by atoms with Crippen LogP contribution in [0.5, 0.6) is 0 Å². The third-order valence-corrected chi connectivity index (χ3v) is 7.30. The first-order valence-electron chi connectivity index (χ1n) is 11.5. The molecular weight excluding hydrogens is 449 g/mol. The number of carbonyl (C=O) groups excluding carboxylic acids is 1. The van der Waals surface area contributed by atoms with Crippen molar-refractivity contribution in [3.63, 3.8) is 0 Å². The number of carbonyl (C=O) groups is 1. The highest BCUT2D eigenvalue weighted by molar-refractivity contribution is 7.17. The van der Waals surface area contributed by atoms with Crippen molar-refractivity contribution in [2.45, 2.75) is 27.3 Å². The van der Waals surface area contributed by atoms with E-state index in [9.17, 15) is 9.18 Å². The lowest BCUT2D eigenvalue weighted by atomic mass is 10.1. The highest BCUT2D eigenvalue weighted by Crippen LogP contribution is 2.30. The molecule has 1 aliphatic heterocycles. The lowest BCUT2D eigenvalue weighted by Crippen LogP contribution is -2.49. The fourth-order valence-electron chi connectivity index (χ4n) is 4.51. The predicted octanol–water partition coefficient (Wildman–Crippen LogP) is 5.48. The van der Waals surface area contributed by atoms with E-state index in [4.69, 9.17) is 4.98 Å². The molecule has 8 heteroatoms. The van der Waals surface area contributed by atoms with Crippen molar-refractivity contribution in [1.82, 2.24) is 19.2 Å². The molecule has 2 aromatic heterocycles. The summed E-state index contributed by atoms with van der Waals surface area (Å²) in [5.41, 5.74) is 5.93. The molecule has 0 atom stereocenters. The molecule has 0 radical (unpaired) electrons. The number of piperazine rings is 1. The van der Waals surface area contributed by atoms with Gasteiger partial charge in [-0.3, -0.25) is 9.30 Å². The molecule has 1 N–H and O–H groups in total. The van der Waals surface area contributed by atoms with E-state index >= 15 is 0 Å². The fourth-order valence-corrected chi connectivity index (χ4v) is 5.35. The van der Waals surface area contributed by atoms with Gasteiger partial charge in [0.1, 0.15) is 5.82 Å². The Morgan fingerprint density at radius 1 is 1.03 bits per heavy atom. The molecule has 5 rings (SSSR count). The van der Waals surface area contributed by atoms with Gasteiger partial charge in [0, 0.05) is 55.0 Å². The van der Waals surface area contributed by atoms with E-state index in [0.717, 1.165) is 58.4 Å². The van der Waals surface area contributed by atoms with Crippen LogP contribution in [0, 0.1) is 26.6 Å². The number of hydrogen-bond donors (Lipinski definition) is 1. The number of rotatable bonds is 4. The van der Waals surface area contributed by atoms with E-state index in [1.165, 1.54) is 17.0 Å². The highest BCUT2D eigenvalue weighted by Gasteiger charge is 2.25. The van der Waals surface area contributed by atoms with Gasteiger partial charge >= 0.3 is 6.03 Å². The van der Waals surface area contributed by atoms with Crippen LogP contribution in [0.4, 0.5) is 14.9 Å². The van der Waals surface area contributed by atoms with Crippen molar-refractivity contribution >= 4 is 28.0 Å². The van der Waals surface area contributed by atoms with E-state index < -0.39 is 0 Å². The Morgan fingerprint density at radius 3 is 2.38 bits per heavy atom. The zero-order chi connectivity index (χ0) is 23.8. The molecule has 0 saturated carbocycles. The number of hydrogen-bond acceptors (Lipinski definition) is 4. The van der Waals surface area contributed by atoms with Crippen LogP contribution in [0.2, 0.25) is 0 Å². The molecule has 176 valence electrons.